The van der Waals surface area contributed by atoms with Gasteiger partial charge in [0.2, 0.25) is 5.91 Å². The zero-order chi connectivity index (χ0) is 21.2. The lowest BCUT2D eigenvalue weighted by molar-refractivity contribution is -0.147. The first kappa shape index (κ1) is 22.5. The summed E-state index contributed by atoms with van der Waals surface area (Å²) in [7, 11) is 0. The van der Waals surface area contributed by atoms with Gasteiger partial charge in [-0.05, 0) is 43.2 Å². The molecular weight excluding hydrogens is 372 g/mol. The second kappa shape index (κ2) is 11.2. The lowest BCUT2D eigenvalue weighted by atomic mass is 10.1. The van der Waals surface area contributed by atoms with E-state index in [9.17, 15) is 14.4 Å². The van der Waals surface area contributed by atoms with Crippen molar-refractivity contribution < 1.29 is 23.9 Å². The van der Waals surface area contributed by atoms with E-state index in [0.717, 1.165) is 24.8 Å². The van der Waals surface area contributed by atoms with Crippen molar-refractivity contribution in [3.63, 3.8) is 0 Å². The maximum atomic E-state index is 13.0. The number of ether oxygens (including phenoxy) is 2. The number of unbranched alkanes of at least 4 members (excludes halogenated alkanes) is 2. The number of esters is 1. The number of hydrogen-bond acceptors (Lipinski definition) is 5. The van der Waals surface area contributed by atoms with Crippen LogP contribution in [0.2, 0.25) is 0 Å². The SMILES string of the molecule is C=C(C)COc1ccc(C(=O)N2CCNC(=O)C2CC(=O)OCCCCC)cc1. The quantitative estimate of drug-likeness (QED) is 0.370. The minimum absolute atomic E-state index is 0.149. The molecule has 158 valence electrons. The summed E-state index contributed by atoms with van der Waals surface area (Å²) in [5.41, 5.74) is 1.33. The predicted molar refractivity (Wildman–Crippen MR) is 110 cm³/mol. The topological polar surface area (TPSA) is 84.9 Å². The summed E-state index contributed by atoms with van der Waals surface area (Å²) in [5, 5.41) is 2.72. The van der Waals surface area contributed by atoms with E-state index in [1.165, 1.54) is 4.90 Å². The summed E-state index contributed by atoms with van der Waals surface area (Å²) in [5.74, 6) is -0.468. The second-order valence-electron chi connectivity index (χ2n) is 7.21. The molecule has 1 aromatic rings. The van der Waals surface area contributed by atoms with Crippen molar-refractivity contribution in [1.82, 2.24) is 10.2 Å². The molecule has 1 saturated heterocycles. The summed E-state index contributed by atoms with van der Waals surface area (Å²) in [6.45, 7) is 9.15. The Bertz CT molecular complexity index is 729. The van der Waals surface area contributed by atoms with Gasteiger partial charge in [0.05, 0.1) is 13.0 Å². The van der Waals surface area contributed by atoms with E-state index in [2.05, 4.69) is 18.8 Å². The largest absolute Gasteiger partial charge is 0.489 e. The zero-order valence-corrected chi connectivity index (χ0v) is 17.2. The summed E-state index contributed by atoms with van der Waals surface area (Å²) in [6, 6.07) is 5.86. The fourth-order valence-corrected chi connectivity index (χ4v) is 2.98. The van der Waals surface area contributed by atoms with Gasteiger partial charge in [0.25, 0.3) is 5.91 Å². The van der Waals surface area contributed by atoms with Gasteiger partial charge in [-0.1, -0.05) is 26.3 Å². The number of hydrogen-bond donors (Lipinski definition) is 1. The molecule has 1 aromatic carbocycles. The third kappa shape index (κ3) is 6.93. The molecule has 1 aliphatic heterocycles. The average Bonchev–Trinajstić information content (AvgIpc) is 2.71. The molecule has 1 aliphatic rings. The highest BCUT2D eigenvalue weighted by Crippen LogP contribution is 2.18. The first-order valence-corrected chi connectivity index (χ1v) is 10.0. The number of carbonyl (C=O) groups excluding carboxylic acids is 3. The van der Waals surface area contributed by atoms with Crippen LogP contribution in [-0.2, 0) is 14.3 Å². The standard InChI is InChI=1S/C22H30N2O5/c1-4-5-6-13-28-20(25)14-19-21(26)23-11-12-24(19)22(27)17-7-9-18(10-8-17)29-15-16(2)3/h7-10,19H,2,4-6,11-15H2,1,3H3,(H,23,26). The Morgan fingerprint density at radius 3 is 2.62 bits per heavy atom. The van der Waals surface area contributed by atoms with Crippen molar-refractivity contribution in [3.05, 3.63) is 42.0 Å². The third-order valence-corrected chi connectivity index (χ3v) is 4.55. The highest BCUT2D eigenvalue weighted by molar-refractivity contribution is 5.99. The van der Waals surface area contributed by atoms with E-state index in [-0.39, 0.29) is 18.2 Å². The van der Waals surface area contributed by atoms with Gasteiger partial charge < -0.3 is 19.7 Å². The van der Waals surface area contributed by atoms with Crippen LogP contribution in [0.5, 0.6) is 5.75 Å². The molecule has 0 spiro atoms. The van der Waals surface area contributed by atoms with Gasteiger partial charge in [-0.2, -0.15) is 0 Å². The number of rotatable bonds is 10. The highest BCUT2D eigenvalue weighted by Gasteiger charge is 2.35. The first-order valence-electron chi connectivity index (χ1n) is 10.0. The van der Waals surface area contributed by atoms with Crippen LogP contribution in [0.1, 0.15) is 49.9 Å². The van der Waals surface area contributed by atoms with Crippen molar-refractivity contribution >= 4 is 17.8 Å². The third-order valence-electron chi connectivity index (χ3n) is 4.55. The van der Waals surface area contributed by atoms with Crippen molar-refractivity contribution in [2.24, 2.45) is 0 Å². The molecule has 2 amide bonds. The van der Waals surface area contributed by atoms with Crippen molar-refractivity contribution in [2.45, 2.75) is 45.6 Å². The van der Waals surface area contributed by atoms with E-state index >= 15 is 0 Å². The van der Waals surface area contributed by atoms with E-state index in [1.54, 1.807) is 24.3 Å². The van der Waals surface area contributed by atoms with Crippen LogP contribution in [0.4, 0.5) is 0 Å². The molecule has 0 aliphatic carbocycles. The Balaban J connectivity index is 2.01. The van der Waals surface area contributed by atoms with Crippen LogP contribution in [0, 0.1) is 0 Å². The maximum Gasteiger partial charge on any atom is 0.308 e. The molecule has 0 radical (unpaired) electrons. The van der Waals surface area contributed by atoms with Crippen molar-refractivity contribution in [2.75, 3.05) is 26.3 Å². The van der Waals surface area contributed by atoms with Gasteiger partial charge in [-0.25, -0.2) is 0 Å². The van der Waals surface area contributed by atoms with Gasteiger partial charge in [-0.3, -0.25) is 14.4 Å². The fourth-order valence-electron chi connectivity index (χ4n) is 2.98. The maximum absolute atomic E-state index is 13.0. The van der Waals surface area contributed by atoms with Crippen LogP contribution >= 0.6 is 0 Å². The second-order valence-corrected chi connectivity index (χ2v) is 7.21. The van der Waals surface area contributed by atoms with E-state index < -0.39 is 12.0 Å². The molecule has 0 saturated carbocycles. The average molecular weight is 402 g/mol. The first-order chi connectivity index (χ1) is 13.9. The molecular formula is C22H30N2O5. The zero-order valence-electron chi connectivity index (χ0n) is 17.2. The summed E-state index contributed by atoms with van der Waals surface area (Å²) in [6.07, 6.45) is 2.65. The van der Waals surface area contributed by atoms with Gasteiger partial charge in [0.15, 0.2) is 0 Å². The molecule has 1 heterocycles. The van der Waals surface area contributed by atoms with Crippen LogP contribution < -0.4 is 10.1 Å². The van der Waals surface area contributed by atoms with E-state index in [4.69, 9.17) is 9.47 Å². The van der Waals surface area contributed by atoms with E-state index in [0.29, 0.717) is 37.6 Å². The van der Waals surface area contributed by atoms with Gasteiger partial charge in [0, 0.05) is 18.7 Å². The monoisotopic (exact) mass is 402 g/mol. The lowest BCUT2D eigenvalue weighted by Gasteiger charge is -2.34. The summed E-state index contributed by atoms with van der Waals surface area (Å²) in [4.78, 5) is 38.8. The highest BCUT2D eigenvalue weighted by atomic mass is 16.5. The number of piperazine rings is 1. The molecule has 2 rings (SSSR count). The molecule has 1 unspecified atom stereocenters. The molecule has 1 fully saturated rings. The molecule has 1 N–H and O–H groups in total. The number of nitrogens with zero attached hydrogens (tertiary/aromatic N) is 1. The van der Waals surface area contributed by atoms with Gasteiger partial charge in [0.1, 0.15) is 18.4 Å². The minimum Gasteiger partial charge on any atom is -0.489 e. The Morgan fingerprint density at radius 2 is 1.97 bits per heavy atom. The molecule has 0 aromatic heterocycles. The Labute approximate surface area is 172 Å². The Hall–Kier alpha value is -2.83. The van der Waals surface area contributed by atoms with Crippen LogP contribution in [-0.4, -0.2) is 55.0 Å². The van der Waals surface area contributed by atoms with Crippen molar-refractivity contribution in [1.29, 1.82) is 0 Å². The Morgan fingerprint density at radius 1 is 1.24 bits per heavy atom. The normalized spacial score (nSPS) is 16.1. The van der Waals surface area contributed by atoms with Crippen LogP contribution in [0.3, 0.4) is 0 Å². The van der Waals surface area contributed by atoms with E-state index in [1.807, 2.05) is 6.92 Å². The Kier molecular flexibility index (Phi) is 8.70. The van der Waals surface area contributed by atoms with Crippen LogP contribution in [0.25, 0.3) is 0 Å². The summed E-state index contributed by atoms with van der Waals surface area (Å²) < 4.78 is 10.8. The number of benzene rings is 1. The number of nitrogens with one attached hydrogen (secondary N) is 1. The van der Waals surface area contributed by atoms with Gasteiger partial charge in [-0.15, -0.1) is 0 Å². The van der Waals surface area contributed by atoms with Crippen molar-refractivity contribution in [3.8, 4) is 5.75 Å². The number of amides is 2. The molecule has 7 heteroatoms. The van der Waals surface area contributed by atoms with Crippen LogP contribution in [0.15, 0.2) is 36.4 Å². The molecule has 0 bridgehead atoms. The minimum atomic E-state index is -0.866. The number of carbonyl (C=O) groups is 3. The fraction of sp³-hybridized carbons (Fsp3) is 0.500. The predicted octanol–water partition coefficient (Wildman–Crippen LogP) is 2.71. The smallest absolute Gasteiger partial charge is 0.308 e. The molecule has 1 atom stereocenters. The van der Waals surface area contributed by atoms with Gasteiger partial charge >= 0.3 is 5.97 Å². The lowest BCUT2D eigenvalue weighted by Crippen LogP contribution is -2.57. The summed E-state index contributed by atoms with van der Waals surface area (Å²) >= 11 is 0. The molecule has 7 nitrogen and oxygen atoms in total. The molecule has 29 heavy (non-hydrogen) atoms.